The lowest BCUT2D eigenvalue weighted by Gasteiger charge is -2.32. The van der Waals surface area contributed by atoms with Gasteiger partial charge in [-0.05, 0) is 62.2 Å². The van der Waals surface area contributed by atoms with E-state index in [0.717, 1.165) is 30.2 Å². The van der Waals surface area contributed by atoms with Gasteiger partial charge in [0.25, 0.3) is 0 Å². The van der Waals surface area contributed by atoms with Gasteiger partial charge < -0.3 is 0 Å². The molecule has 2 nitrogen and oxygen atoms in total. The van der Waals surface area contributed by atoms with Crippen molar-refractivity contribution in [2.45, 2.75) is 102 Å². The molecular weight excluding hydrogens is 342 g/mol. The molecule has 5 rings (SSSR count). The molecule has 0 N–H and O–H groups in total. The molecular formula is C26H41NO. The van der Waals surface area contributed by atoms with Gasteiger partial charge in [-0.2, -0.15) is 0 Å². The number of allylic oxidation sites excluding steroid dienone is 3. The first-order valence-electron chi connectivity index (χ1n) is 12.6. The fourth-order valence-corrected chi connectivity index (χ4v) is 7.33. The first-order valence-corrected chi connectivity index (χ1v) is 12.6. The zero-order valence-electron chi connectivity index (χ0n) is 17.9. The molecule has 0 aromatic heterocycles. The van der Waals surface area contributed by atoms with Crippen molar-refractivity contribution in [3.8, 4) is 0 Å². The number of hydroxylamine groups is 2. The Morgan fingerprint density at radius 2 is 1.50 bits per heavy atom. The van der Waals surface area contributed by atoms with E-state index < -0.39 is 0 Å². The maximum Gasteiger partial charge on any atom is 0.0856 e. The van der Waals surface area contributed by atoms with Crippen molar-refractivity contribution in [1.29, 1.82) is 0 Å². The smallest absolute Gasteiger partial charge is 0.0856 e. The summed E-state index contributed by atoms with van der Waals surface area (Å²) in [4.78, 5) is 6.57. The summed E-state index contributed by atoms with van der Waals surface area (Å²) in [5, 5.41) is 2.27. The molecule has 1 heterocycles. The van der Waals surface area contributed by atoms with Crippen LogP contribution in [0.15, 0.2) is 23.9 Å². The van der Waals surface area contributed by atoms with E-state index >= 15 is 0 Å². The van der Waals surface area contributed by atoms with Crippen LogP contribution in [0, 0.1) is 29.6 Å². The van der Waals surface area contributed by atoms with E-state index in [1.807, 2.05) is 5.57 Å². The Morgan fingerprint density at radius 1 is 0.857 bits per heavy atom. The van der Waals surface area contributed by atoms with Crippen LogP contribution in [0.2, 0.25) is 0 Å². The summed E-state index contributed by atoms with van der Waals surface area (Å²) in [6.45, 7) is 5.69. The molecule has 5 aliphatic rings. The van der Waals surface area contributed by atoms with E-state index in [0.29, 0.717) is 12.0 Å². The van der Waals surface area contributed by atoms with E-state index in [4.69, 9.17) is 4.84 Å². The summed E-state index contributed by atoms with van der Waals surface area (Å²) in [5.74, 6) is 4.01. The van der Waals surface area contributed by atoms with Gasteiger partial charge in [-0.1, -0.05) is 76.0 Å². The molecule has 0 spiro atoms. The molecule has 4 atom stereocenters. The second-order valence-electron chi connectivity index (χ2n) is 10.6. The van der Waals surface area contributed by atoms with Gasteiger partial charge in [0.1, 0.15) is 0 Å². The fraction of sp³-hybridized carbons (Fsp3) is 0.846. The maximum atomic E-state index is 6.57. The zero-order valence-corrected chi connectivity index (χ0v) is 17.9. The van der Waals surface area contributed by atoms with Crippen LogP contribution < -0.4 is 0 Å². The highest BCUT2D eigenvalue weighted by molar-refractivity contribution is 5.25. The highest BCUT2D eigenvalue weighted by Gasteiger charge is 2.52. The largest absolute Gasteiger partial charge is 0.270 e. The Balaban J connectivity index is 1.24. The second kappa shape index (κ2) is 8.54. The molecule has 28 heavy (non-hydrogen) atoms. The lowest BCUT2D eigenvalue weighted by atomic mass is 9.79. The Kier molecular flexibility index (Phi) is 5.86. The SMILES string of the molecule is C=C1C2C3C=C(C4CCCCCC4)CC(C3)C2CN1OC1CCCCCCC1. The maximum absolute atomic E-state index is 6.57. The second-order valence-corrected chi connectivity index (χ2v) is 10.6. The topological polar surface area (TPSA) is 12.5 Å². The molecule has 0 aromatic rings. The number of hydrogen-bond acceptors (Lipinski definition) is 2. The van der Waals surface area contributed by atoms with Crippen LogP contribution in [-0.4, -0.2) is 17.7 Å². The van der Waals surface area contributed by atoms with Crippen molar-refractivity contribution in [1.82, 2.24) is 5.06 Å². The number of hydrogen-bond donors (Lipinski definition) is 0. The van der Waals surface area contributed by atoms with Crippen LogP contribution in [0.3, 0.4) is 0 Å². The number of nitrogens with zero attached hydrogens (tertiary/aromatic N) is 1. The standard InChI is InChI=1S/C26H41NO/c1-19-26-23-16-21(20-11-7-5-6-8-12-20)15-22(17-23)25(26)18-27(19)28-24-13-9-3-2-4-10-14-24/h16,20,22-26H,1-15,17-18H2. The number of fused-ring (bicyclic) bond motifs is 5. The highest BCUT2D eigenvalue weighted by Crippen LogP contribution is 2.57. The van der Waals surface area contributed by atoms with Gasteiger partial charge >= 0.3 is 0 Å². The van der Waals surface area contributed by atoms with Crippen LogP contribution in [0.25, 0.3) is 0 Å². The number of rotatable bonds is 3. The monoisotopic (exact) mass is 383 g/mol. The van der Waals surface area contributed by atoms with Crippen molar-refractivity contribution in [2.75, 3.05) is 6.54 Å². The molecule has 2 bridgehead atoms. The molecule has 0 radical (unpaired) electrons. The van der Waals surface area contributed by atoms with Gasteiger partial charge in [0, 0.05) is 18.2 Å². The van der Waals surface area contributed by atoms with Crippen molar-refractivity contribution in [3.05, 3.63) is 23.9 Å². The van der Waals surface area contributed by atoms with E-state index in [1.165, 1.54) is 102 Å². The van der Waals surface area contributed by atoms with Crippen LogP contribution >= 0.6 is 0 Å². The highest BCUT2D eigenvalue weighted by atomic mass is 16.7. The summed E-state index contributed by atoms with van der Waals surface area (Å²) in [5.41, 5.74) is 3.16. The summed E-state index contributed by atoms with van der Waals surface area (Å²) >= 11 is 0. The molecule has 4 fully saturated rings. The lowest BCUT2D eigenvalue weighted by Crippen LogP contribution is -2.30. The third-order valence-electron chi connectivity index (χ3n) is 8.82. The fourth-order valence-electron chi connectivity index (χ4n) is 7.33. The Bertz CT molecular complexity index is 579. The molecule has 4 aliphatic carbocycles. The molecule has 3 saturated carbocycles. The quantitative estimate of drug-likeness (QED) is 0.383. The molecule has 0 aromatic carbocycles. The molecule has 0 amide bonds. The van der Waals surface area contributed by atoms with Crippen molar-refractivity contribution >= 4 is 0 Å². The molecule has 1 aliphatic heterocycles. The average Bonchev–Trinajstić information content (AvgIpc) is 2.97. The first kappa shape index (κ1) is 19.2. The summed E-state index contributed by atoms with van der Waals surface area (Å²) in [6, 6.07) is 0. The third kappa shape index (κ3) is 3.83. The zero-order chi connectivity index (χ0) is 18.9. The van der Waals surface area contributed by atoms with Crippen LogP contribution in [-0.2, 0) is 4.84 Å². The Morgan fingerprint density at radius 3 is 2.21 bits per heavy atom. The predicted molar refractivity (Wildman–Crippen MR) is 116 cm³/mol. The Labute approximate surface area is 172 Å². The minimum Gasteiger partial charge on any atom is -0.270 e. The Hall–Kier alpha value is -0.760. The third-order valence-corrected chi connectivity index (χ3v) is 8.82. The summed E-state index contributed by atoms with van der Waals surface area (Å²) in [7, 11) is 0. The van der Waals surface area contributed by atoms with Crippen molar-refractivity contribution < 1.29 is 4.84 Å². The van der Waals surface area contributed by atoms with E-state index in [-0.39, 0.29) is 0 Å². The van der Waals surface area contributed by atoms with Crippen molar-refractivity contribution in [3.63, 3.8) is 0 Å². The lowest BCUT2D eigenvalue weighted by molar-refractivity contribution is -0.174. The normalized spacial score (nSPS) is 37.9. The van der Waals surface area contributed by atoms with Gasteiger partial charge in [0.05, 0.1) is 6.10 Å². The predicted octanol–water partition coefficient (Wildman–Crippen LogP) is 7.03. The van der Waals surface area contributed by atoms with Crippen LogP contribution in [0.4, 0.5) is 0 Å². The minimum atomic E-state index is 0.438. The molecule has 2 heteroatoms. The van der Waals surface area contributed by atoms with Crippen LogP contribution in [0.1, 0.15) is 96.3 Å². The molecule has 4 unspecified atom stereocenters. The van der Waals surface area contributed by atoms with Crippen LogP contribution in [0.5, 0.6) is 0 Å². The van der Waals surface area contributed by atoms with E-state index in [2.05, 4.69) is 17.7 Å². The van der Waals surface area contributed by atoms with E-state index in [1.54, 1.807) is 0 Å². The average molecular weight is 384 g/mol. The summed E-state index contributed by atoms with van der Waals surface area (Å²) < 4.78 is 0. The summed E-state index contributed by atoms with van der Waals surface area (Å²) in [6.07, 6.45) is 24.1. The molecule has 156 valence electrons. The van der Waals surface area contributed by atoms with Gasteiger partial charge in [-0.3, -0.25) is 9.90 Å². The van der Waals surface area contributed by atoms with E-state index in [9.17, 15) is 0 Å². The molecule has 1 saturated heterocycles. The van der Waals surface area contributed by atoms with Gasteiger partial charge in [-0.25, -0.2) is 0 Å². The first-order chi connectivity index (χ1) is 13.8. The van der Waals surface area contributed by atoms with Gasteiger partial charge in [0.15, 0.2) is 0 Å². The van der Waals surface area contributed by atoms with Gasteiger partial charge in [-0.15, -0.1) is 0 Å². The van der Waals surface area contributed by atoms with Crippen molar-refractivity contribution in [2.24, 2.45) is 29.6 Å². The minimum absolute atomic E-state index is 0.438. The van der Waals surface area contributed by atoms with Gasteiger partial charge in [0.2, 0.25) is 0 Å².